The number of nitrogens with one attached hydrogen (secondary N) is 1. The summed E-state index contributed by atoms with van der Waals surface area (Å²) in [4.78, 5) is 20.1. The molecule has 1 N–H and O–H groups in total. The molecule has 0 aromatic heterocycles. The van der Waals surface area contributed by atoms with E-state index < -0.39 is 7.75 Å². The second-order valence-electron chi connectivity index (χ2n) is 3.39. The minimum atomic E-state index is -4.51. The molecule has 0 aliphatic rings. The van der Waals surface area contributed by atoms with E-state index in [-0.39, 0.29) is 12.0 Å². The lowest BCUT2D eigenvalue weighted by molar-refractivity contribution is -0.318. The maximum atomic E-state index is 10.0. The van der Waals surface area contributed by atoms with Crippen molar-refractivity contribution in [2.45, 2.75) is 20.8 Å². The molecule has 0 amide bonds. The van der Waals surface area contributed by atoms with E-state index in [1.54, 1.807) is 0 Å². The molecule has 0 spiro atoms. The monoisotopic (exact) mass is 165 g/mol. The molecule has 0 aliphatic heterocycles. The van der Waals surface area contributed by atoms with Crippen molar-refractivity contribution in [2.75, 3.05) is 6.54 Å². The van der Waals surface area contributed by atoms with E-state index in [9.17, 15) is 14.4 Å². The Bertz CT molecular complexity index is 145. The minimum absolute atomic E-state index is 0.176. The minimum Gasteiger partial charge on any atom is -0.799 e. The van der Waals surface area contributed by atoms with Gasteiger partial charge in [0.05, 0.1) is 0 Å². The lowest BCUT2D eigenvalue weighted by Gasteiger charge is -2.33. The zero-order valence-corrected chi connectivity index (χ0v) is 7.27. The molecule has 10 heavy (non-hydrogen) atoms. The van der Waals surface area contributed by atoms with Crippen molar-refractivity contribution in [3.8, 4) is 0 Å². The summed E-state index contributed by atoms with van der Waals surface area (Å²) in [7, 11) is -4.51. The zero-order chi connectivity index (χ0) is 8.41. The van der Waals surface area contributed by atoms with Gasteiger partial charge < -0.3 is 14.4 Å². The summed E-state index contributed by atoms with van der Waals surface area (Å²) < 4.78 is 10.0. The SMILES string of the molecule is CC(C)(C)CNP(=O)([O-])[O-]. The van der Waals surface area contributed by atoms with Gasteiger partial charge in [-0.3, -0.25) is 5.09 Å². The van der Waals surface area contributed by atoms with Gasteiger partial charge in [0.25, 0.3) is 0 Å². The van der Waals surface area contributed by atoms with E-state index in [1.165, 1.54) is 0 Å². The third-order valence-electron chi connectivity index (χ3n) is 0.803. The molecule has 4 nitrogen and oxygen atoms in total. The summed E-state index contributed by atoms with van der Waals surface area (Å²) in [6, 6.07) is 0. The normalized spacial score (nSPS) is 13.7. The predicted octanol–water partition coefficient (Wildman–Crippen LogP) is -0.549. The van der Waals surface area contributed by atoms with Crippen LogP contribution in [0.25, 0.3) is 0 Å². The molecule has 0 radical (unpaired) electrons. The van der Waals surface area contributed by atoms with Gasteiger partial charge in [0.15, 0.2) is 0 Å². The number of rotatable bonds is 2. The summed E-state index contributed by atoms with van der Waals surface area (Å²) >= 11 is 0. The van der Waals surface area contributed by atoms with Crippen molar-refractivity contribution in [2.24, 2.45) is 5.41 Å². The molecule has 0 aromatic rings. The Morgan fingerprint density at radius 2 is 1.80 bits per heavy atom. The number of hydrogen-bond acceptors (Lipinski definition) is 3. The molecular weight excluding hydrogens is 153 g/mol. The first-order chi connectivity index (χ1) is 4.21. The quantitative estimate of drug-likeness (QED) is 0.557. The summed E-state index contributed by atoms with van der Waals surface area (Å²) in [6.07, 6.45) is 0. The fourth-order valence-corrected chi connectivity index (χ4v) is 1.00. The molecule has 0 fully saturated rings. The standard InChI is InChI=1S/C5H14NO3P/c1-5(2,3)4-6-10(7,8)9/h4H2,1-3H3,(H3,6,7,8,9)/p-2. The summed E-state index contributed by atoms with van der Waals surface area (Å²) in [6.45, 7) is 5.72. The van der Waals surface area contributed by atoms with Crippen LogP contribution in [0.5, 0.6) is 0 Å². The first-order valence-corrected chi connectivity index (χ1v) is 4.52. The zero-order valence-electron chi connectivity index (χ0n) is 6.38. The van der Waals surface area contributed by atoms with E-state index in [4.69, 9.17) is 0 Å². The van der Waals surface area contributed by atoms with Gasteiger partial charge in [-0.25, -0.2) is 0 Å². The molecule has 0 saturated carbocycles. The molecule has 0 aliphatic carbocycles. The molecule has 62 valence electrons. The molecule has 0 aromatic carbocycles. The molecule has 0 heterocycles. The average molecular weight is 165 g/mol. The first-order valence-electron chi connectivity index (χ1n) is 2.98. The van der Waals surface area contributed by atoms with Gasteiger partial charge in [0.1, 0.15) is 0 Å². The second kappa shape index (κ2) is 3.01. The van der Waals surface area contributed by atoms with E-state index in [2.05, 4.69) is 0 Å². The van der Waals surface area contributed by atoms with Crippen molar-refractivity contribution >= 4 is 7.75 Å². The van der Waals surface area contributed by atoms with Crippen molar-refractivity contribution in [1.82, 2.24) is 5.09 Å². The first kappa shape index (κ1) is 10.1. The van der Waals surface area contributed by atoms with E-state index in [0.29, 0.717) is 0 Å². The third-order valence-corrected chi connectivity index (χ3v) is 1.35. The molecule has 0 unspecified atom stereocenters. The van der Waals surface area contributed by atoms with Gasteiger partial charge in [-0.2, -0.15) is 0 Å². The fourth-order valence-electron chi connectivity index (χ4n) is 0.334. The van der Waals surface area contributed by atoms with Crippen LogP contribution in [0.15, 0.2) is 0 Å². The lowest BCUT2D eigenvalue weighted by atomic mass is 9.98. The highest BCUT2D eigenvalue weighted by molar-refractivity contribution is 7.46. The summed E-state index contributed by atoms with van der Waals surface area (Å²) in [5, 5.41) is 1.91. The highest BCUT2D eigenvalue weighted by atomic mass is 31.2. The Kier molecular flexibility index (Phi) is 3.04. The van der Waals surface area contributed by atoms with Gasteiger partial charge in [-0.15, -0.1) is 0 Å². The average Bonchev–Trinajstić information content (AvgIpc) is 1.57. The van der Waals surface area contributed by atoms with Crippen LogP contribution in [0, 0.1) is 5.41 Å². The van der Waals surface area contributed by atoms with E-state index in [1.807, 2.05) is 25.9 Å². The maximum absolute atomic E-state index is 10.0. The molecule has 0 atom stereocenters. The Labute approximate surface area is 60.9 Å². The molecule has 0 rings (SSSR count). The van der Waals surface area contributed by atoms with Gasteiger partial charge in [0, 0.05) is 6.54 Å². The Morgan fingerprint density at radius 1 is 1.40 bits per heavy atom. The number of hydrogen-bond donors (Lipinski definition) is 1. The van der Waals surface area contributed by atoms with Crippen molar-refractivity contribution in [3.05, 3.63) is 0 Å². The molecule has 5 heteroatoms. The van der Waals surface area contributed by atoms with Gasteiger partial charge in [0.2, 0.25) is 0 Å². The largest absolute Gasteiger partial charge is 0.799 e. The third kappa shape index (κ3) is 8.11. The van der Waals surface area contributed by atoms with Gasteiger partial charge >= 0.3 is 0 Å². The van der Waals surface area contributed by atoms with E-state index >= 15 is 0 Å². The van der Waals surface area contributed by atoms with Crippen LogP contribution in [0.3, 0.4) is 0 Å². The Balaban J connectivity index is 3.67. The van der Waals surface area contributed by atoms with Gasteiger partial charge in [-0.05, 0) is 13.2 Å². The van der Waals surface area contributed by atoms with Crippen LogP contribution in [0.2, 0.25) is 0 Å². The Morgan fingerprint density at radius 3 is 1.90 bits per heavy atom. The highest BCUT2D eigenvalue weighted by Crippen LogP contribution is 2.20. The molecule has 0 saturated heterocycles. The summed E-state index contributed by atoms with van der Waals surface area (Å²) in [5.74, 6) is 0. The van der Waals surface area contributed by atoms with Crippen LogP contribution < -0.4 is 14.9 Å². The van der Waals surface area contributed by atoms with Crippen molar-refractivity contribution in [1.29, 1.82) is 0 Å². The smallest absolute Gasteiger partial charge is 0.00450 e. The van der Waals surface area contributed by atoms with Crippen LogP contribution in [-0.4, -0.2) is 6.54 Å². The van der Waals surface area contributed by atoms with Gasteiger partial charge in [-0.1, -0.05) is 20.8 Å². The molecule has 0 bridgehead atoms. The summed E-state index contributed by atoms with van der Waals surface area (Å²) in [5.41, 5.74) is -0.176. The Hall–Kier alpha value is 0.110. The van der Waals surface area contributed by atoms with Crippen molar-refractivity contribution in [3.63, 3.8) is 0 Å². The van der Waals surface area contributed by atoms with Crippen molar-refractivity contribution < 1.29 is 14.4 Å². The van der Waals surface area contributed by atoms with Crippen LogP contribution in [-0.2, 0) is 4.57 Å². The van der Waals surface area contributed by atoms with Crippen LogP contribution >= 0.6 is 7.75 Å². The molecular formula is C5H12NO3P-2. The lowest BCUT2D eigenvalue weighted by Crippen LogP contribution is -2.33. The van der Waals surface area contributed by atoms with E-state index in [0.717, 1.165) is 0 Å². The predicted molar refractivity (Wildman–Crippen MR) is 35.1 cm³/mol. The topological polar surface area (TPSA) is 75.2 Å². The van der Waals surface area contributed by atoms with Crippen LogP contribution in [0.4, 0.5) is 0 Å². The maximum Gasteiger partial charge on any atom is 0.00450 e. The fraction of sp³-hybridized carbons (Fsp3) is 1.00. The highest BCUT2D eigenvalue weighted by Gasteiger charge is 2.09. The van der Waals surface area contributed by atoms with Crippen LogP contribution in [0.1, 0.15) is 20.8 Å². The second-order valence-corrected chi connectivity index (χ2v) is 4.70.